The monoisotopic (exact) mass is 286 g/mol. The van der Waals surface area contributed by atoms with Crippen LogP contribution in [0.3, 0.4) is 0 Å². The van der Waals surface area contributed by atoms with Gasteiger partial charge >= 0.3 is 5.97 Å². The molecule has 0 heterocycles. The smallest absolute Gasteiger partial charge is 0.306 e. The summed E-state index contributed by atoms with van der Waals surface area (Å²) in [7, 11) is 1.66. The third kappa shape index (κ3) is 4.58. The number of Topliss-reactive ketones (excluding diaryl/α,β-unsaturated/α-hetero) is 1. The zero-order valence-electron chi connectivity index (χ0n) is 14.3. The summed E-state index contributed by atoms with van der Waals surface area (Å²) in [6, 6.07) is 0. The van der Waals surface area contributed by atoms with Gasteiger partial charge in [-0.15, -0.1) is 0 Å². The van der Waals surface area contributed by atoms with Crippen molar-refractivity contribution in [2.45, 2.75) is 78.9 Å². The van der Waals surface area contributed by atoms with Crippen molar-refractivity contribution in [2.75, 3.05) is 7.11 Å². The third-order valence-corrected chi connectivity index (χ3v) is 4.80. The predicted molar refractivity (Wildman–Crippen MR) is 79.6 cm³/mol. The molecule has 4 heteroatoms. The Bertz CT molecular complexity index is 353. The summed E-state index contributed by atoms with van der Waals surface area (Å²) in [5, 5.41) is 0. The maximum absolute atomic E-state index is 11.9. The summed E-state index contributed by atoms with van der Waals surface area (Å²) in [5.41, 5.74) is -1.47. The lowest BCUT2D eigenvalue weighted by Gasteiger charge is -2.50. The minimum atomic E-state index is -0.667. The second-order valence-corrected chi connectivity index (χ2v) is 6.88. The molecule has 0 bridgehead atoms. The minimum Gasteiger partial charge on any atom is -0.459 e. The van der Waals surface area contributed by atoms with Gasteiger partial charge in [0.2, 0.25) is 0 Å². The number of hydrogen-bond donors (Lipinski definition) is 0. The number of ether oxygens (including phenoxy) is 2. The van der Waals surface area contributed by atoms with Crippen LogP contribution in [0.1, 0.15) is 67.7 Å². The van der Waals surface area contributed by atoms with Gasteiger partial charge in [-0.25, -0.2) is 0 Å². The lowest BCUT2D eigenvalue weighted by atomic mass is 9.66. The number of hydrogen-bond acceptors (Lipinski definition) is 4. The van der Waals surface area contributed by atoms with E-state index in [9.17, 15) is 9.59 Å². The van der Waals surface area contributed by atoms with Crippen LogP contribution in [0.5, 0.6) is 0 Å². The van der Waals surface area contributed by atoms with Crippen LogP contribution in [0.25, 0.3) is 0 Å². The molecule has 0 atom stereocenters. The maximum Gasteiger partial charge on any atom is 0.306 e. The number of carbonyl (C=O) groups excluding carboxylic acids is 2. The number of methoxy groups -OCH3 is 1. The zero-order chi connectivity index (χ0) is 16.2. The molecule has 0 rings (SSSR count). The van der Waals surface area contributed by atoms with E-state index in [0.29, 0.717) is 12.8 Å². The average Bonchev–Trinajstić information content (AvgIpc) is 2.27. The molecule has 0 amide bonds. The first-order valence-electron chi connectivity index (χ1n) is 7.14. The predicted octanol–water partition coefficient (Wildman–Crippen LogP) is 3.52. The van der Waals surface area contributed by atoms with E-state index in [1.54, 1.807) is 7.11 Å². The van der Waals surface area contributed by atoms with Gasteiger partial charge in [0.15, 0.2) is 0 Å². The fourth-order valence-corrected chi connectivity index (χ4v) is 1.92. The van der Waals surface area contributed by atoms with Gasteiger partial charge in [0, 0.05) is 25.4 Å². The molecule has 20 heavy (non-hydrogen) atoms. The van der Waals surface area contributed by atoms with Crippen molar-refractivity contribution in [3.63, 3.8) is 0 Å². The van der Waals surface area contributed by atoms with Crippen LogP contribution in [0, 0.1) is 5.41 Å². The molecule has 0 fully saturated rings. The van der Waals surface area contributed by atoms with E-state index in [2.05, 4.69) is 0 Å². The van der Waals surface area contributed by atoms with Crippen molar-refractivity contribution in [2.24, 2.45) is 5.41 Å². The van der Waals surface area contributed by atoms with Gasteiger partial charge in [-0.1, -0.05) is 13.8 Å². The summed E-state index contributed by atoms with van der Waals surface area (Å²) in [4.78, 5) is 22.8. The Hall–Kier alpha value is -0.900. The van der Waals surface area contributed by atoms with E-state index < -0.39 is 11.2 Å². The van der Waals surface area contributed by atoms with E-state index in [4.69, 9.17) is 9.47 Å². The van der Waals surface area contributed by atoms with Crippen molar-refractivity contribution in [1.82, 2.24) is 0 Å². The minimum absolute atomic E-state index is 0.0953. The van der Waals surface area contributed by atoms with E-state index in [1.807, 2.05) is 41.5 Å². The summed E-state index contributed by atoms with van der Waals surface area (Å²) in [6.07, 6.45) is 1.23. The molecule has 118 valence electrons. The molecule has 0 radical (unpaired) electrons. The lowest BCUT2D eigenvalue weighted by Crippen LogP contribution is -2.56. The molecule has 4 nitrogen and oxygen atoms in total. The summed E-state index contributed by atoms with van der Waals surface area (Å²) in [6.45, 7) is 13.3. The molecular formula is C16H30O4. The molecule has 0 saturated heterocycles. The Kier molecular flexibility index (Phi) is 6.40. The highest BCUT2D eigenvalue weighted by Gasteiger charge is 2.50. The van der Waals surface area contributed by atoms with Gasteiger partial charge < -0.3 is 14.3 Å². The standard InChI is InChI=1S/C16H30O4/c1-12(17)10-9-11-13(18)20-16(6,7)14(2,3)15(4,5)19-8/h9-11H2,1-8H3. The highest BCUT2D eigenvalue weighted by atomic mass is 16.6. The molecule has 0 aliphatic heterocycles. The fraction of sp³-hybridized carbons (Fsp3) is 0.875. The maximum atomic E-state index is 11.9. The SMILES string of the molecule is COC(C)(C)C(C)(C)C(C)(C)OC(=O)CCCC(C)=O. The number of rotatable bonds is 8. The number of carbonyl (C=O) groups is 2. The molecule has 0 saturated carbocycles. The van der Waals surface area contributed by atoms with Crippen molar-refractivity contribution in [3.8, 4) is 0 Å². The van der Waals surface area contributed by atoms with Crippen LogP contribution in [0.2, 0.25) is 0 Å². The van der Waals surface area contributed by atoms with Crippen LogP contribution in [0.15, 0.2) is 0 Å². The van der Waals surface area contributed by atoms with Gasteiger partial charge in [0.25, 0.3) is 0 Å². The molecular weight excluding hydrogens is 256 g/mol. The Morgan fingerprint density at radius 1 is 0.900 bits per heavy atom. The van der Waals surface area contributed by atoms with Crippen LogP contribution >= 0.6 is 0 Å². The molecule has 0 aromatic carbocycles. The highest BCUT2D eigenvalue weighted by Crippen LogP contribution is 2.44. The van der Waals surface area contributed by atoms with E-state index in [1.165, 1.54) is 6.92 Å². The Labute approximate surface area is 123 Å². The Morgan fingerprint density at radius 3 is 1.80 bits per heavy atom. The molecule has 0 aliphatic rings. The van der Waals surface area contributed by atoms with Gasteiger partial charge in [0.05, 0.1) is 5.60 Å². The van der Waals surface area contributed by atoms with Crippen molar-refractivity contribution in [3.05, 3.63) is 0 Å². The summed E-state index contributed by atoms with van der Waals surface area (Å²) < 4.78 is 11.2. The Balaban J connectivity index is 4.73. The first kappa shape index (κ1) is 19.1. The van der Waals surface area contributed by atoms with Crippen molar-refractivity contribution < 1.29 is 19.1 Å². The van der Waals surface area contributed by atoms with E-state index >= 15 is 0 Å². The molecule has 0 aromatic rings. The number of ketones is 1. The van der Waals surface area contributed by atoms with Crippen LogP contribution in [-0.2, 0) is 19.1 Å². The first-order valence-corrected chi connectivity index (χ1v) is 7.14. The summed E-state index contributed by atoms with van der Waals surface area (Å²) in [5.74, 6) is -0.172. The zero-order valence-corrected chi connectivity index (χ0v) is 14.3. The largest absolute Gasteiger partial charge is 0.459 e. The molecule has 0 unspecified atom stereocenters. The van der Waals surface area contributed by atoms with Crippen molar-refractivity contribution >= 4 is 11.8 Å². The van der Waals surface area contributed by atoms with Crippen LogP contribution in [0.4, 0.5) is 0 Å². The molecule has 0 aliphatic carbocycles. The Morgan fingerprint density at radius 2 is 1.40 bits per heavy atom. The molecule has 0 spiro atoms. The van der Waals surface area contributed by atoms with Gasteiger partial charge in [-0.3, -0.25) is 4.79 Å². The van der Waals surface area contributed by atoms with Gasteiger partial charge in [-0.05, 0) is 41.0 Å². The molecule has 0 N–H and O–H groups in total. The third-order valence-electron chi connectivity index (χ3n) is 4.80. The lowest BCUT2D eigenvalue weighted by molar-refractivity contribution is -0.197. The summed E-state index contributed by atoms with van der Waals surface area (Å²) >= 11 is 0. The second-order valence-electron chi connectivity index (χ2n) is 6.88. The number of esters is 1. The van der Waals surface area contributed by atoms with Crippen LogP contribution < -0.4 is 0 Å². The first-order chi connectivity index (χ1) is 8.87. The fourth-order valence-electron chi connectivity index (χ4n) is 1.92. The second kappa shape index (κ2) is 6.70. The van der Waals surface area contributed by atoms with Gasteiger partial charge in [0.1, 0.15) is 11.4 Å². The normalized spacial score (nSPS) is 13.2. The van der Waals surface area contributed by atoms with Crippen LogP contribution in [-0.4, -0.2) is 30.1 Å². The van der Waals surface area contributed by atoms with E-state index in [-0.39, 0.29) is 23.6 Å². The molecule has 0 aromatic heterocycles. The van der Waals surface area contributed by atoms with E-state index in [0.717, 1.165) is 0 Å². The quantitative estimate of drug-likeness (QED) is 0.641. The highest BCUT2D eigenvalue weighted by molar-refractivity contribution is 5.76. The topological polar surface area (TPSA) is 52.6 Å². The average molecular weight is 286 g/mol. The van der Waals surface area contributed by atoms with Crippen molar-refractivity contribution in [1.29, 1.82) is 0 Å². The van der Waals surface area contributed by atoms with Gasteiger partial charge in [-0.2, -0.15) is 0 Å².